The van der Waals surface area contributed by atoms with E-state index in [0.29, 0.717) is 31.4 Å². The summed E-state index contributed by atoms with van der Waals surface area (Å²) < 4.78 is 15.7. The Morgan fingerprint density at radius 3 is 2.67 bits per heavy atom. The zero-order valence-electron chi connectivity index (χ0n) is 9.74. The fraction of sp³-hybridized carbons (Fsp3) is 0.250. The highest BCUT2D eigenvalue weighted by atomic mass is 35.5. The Bertz CT molecular complexity index is 448. The predicted molar refractivity (Wildman–Crippen MR) is 69.1 cm³/mol. The number of benzene rings is 1. The molecule has 1 aromatic carbocycles. The first-order valence-corrected chi connectivity index (χ1v) is 5.35. The van der Waals surface area contributed by atoms with Gasteiger partial charge in [0.2, 0.25) is 0 Å². The van der Waals surface area contributed by atoms with Crippen molar-refractivity contribution in [2.24, 2.45) is 5.73 Å². The van der Waals surface area contributed by atoms with Gasteiger partial charge in [-0.15, -0.1) is 12.4 Å². The Morgan fingerprint density at radius 1 is 1.17 bits per heavy atom. The normalized spacial score (nSPS) is 9.61. The number of ether oxygens (including phenoxy) is 2. The molecule has 0 unspecified atom stereocenters. The van der Waals surface area contributed by atoms with E-state index in [1.54, 1.807) is 6.07 Å². The molecule has 1 aromatic heterocycles. The SMILES string of the molecule is Cl.NCCOc1cc(COc2ccccc2)on1. The molecule has 18 heavy (non-hydrogen) atoms. The number of aromatic nitrogens is 1. The molecule has 5 nitrogen and oxygen atoms in total. The fourth-order valence-electron chi connectivity index (χ4n) is 1.26. The van der Waals surface area contributed by atoms with Crippen LogP contribution in [0.2, 0.25) is 0 Å². The lowest BCUT2D eigenvalue weighted by Crippen LogP contribution is -2.10. The highest BCUT2D eigenvalue weighted by Gasteiger charge is 2.05. The molecule has 0 amide bonds. The Balaban J connectivity index is 0.00000162. The number of para-hydroxylation sites is 1. The first-order chi connectivity index (χ1) is 8.38. The maximum Gasteiger partial charge on any atom is 0.254 e. The second kappa shape index (κ2) is 7.58. The molecular formula is C12H15ClN2O3. The van der Waals surface area contributed by atoms with Gasteiger partial charge in [-0.25, -0.2) is 0 Å². The summed E-state index contributed by atoms with van der Waals surface area (Å²) in [7, 11) is 0. The summed E-state index contributed by atoms with van der Waals surface area (Å²) in [5, 5.41) is 3.73. The van der Waals surface area contributed by atoms with Crippen LogP contribution in [0.25, 0.3) is 0 Å². The molecule has 6 heteroatoms. The Labute approximate surface area is 111 Å². The third-order valence-corrected chi connectivity index (χ3v) is 2.03. The molecular weight excluding hydrogens is 256 g/mol. The molecule has 0 fully saturated rings. The second-order valence-corrected chi connectivity index (χ2v) is 3.37. The topological polar surface area (TPSA) is 70.5 Å². The predicted octanol–water partition coefficient (Wildman–Crippen LogP) is 2.01. The van der Waals surface area contributed by atoms with Crippen molar-refractivity contribution < 1.29 is 14.0 Å². The van der Waals surface area contributed by atoms with Crippen molar-refractivity contribution in [1.82, 2.24) is 5.16 Å². The van der Waals surface area contributed by atoms with Crippen LogP contribution in [0.4, 0.5) is 0 Å². The summed E-state index contributed by atoms with van der Waals surface area (Å²) in [6, 6.07) is 11.2. The monoisotopic (exact) mass is 270 g/mol. The first kappa shape index (κ1) is 14.3. The molecule has 0 aliphatic carbocycles. The van der Waals surface area contributed by atoms with Gasteiger partial charge in [0.15, 0.2) is 5.76 Å². The van der Waals surface area contributed by atoms with Gasteiger partial charge < -0.3 is 19.7 Å². The van der Waals surface area contributed by atoms with E-state index in [-0.39, 0.29) is 12.4 Å². The van der Waals surface area contributed by atoms with Crippen molar-refractivity contribution in [2.45, 2.75) is 6.61 Å². The van der Waals surface area contributed by atoms with Crippen molar-refractivity contribution in [2.75, 3.05) is 13.2 Å². The highest BCUT2D eigenvalue weighted by molar-refractivity contribution is 5.85. The van der Waals surface area contributed by atoms with Crippen molar-refractivity contribution >= 4 is 12.4 Å². The zero-order valence-corrected chi connectivity index (χ0v) is 10.6. The van der Waals surface area contributed by atoms with Crippen LogP contribution in [0.15, 0.2) is 40.9 Å². The molecule has 0 spiro atoms. The molecule has 0 aliphatic rings. The van der Waals surface area contributed by atoms with Gasteiger partial charge in [-0.3, -0.25) is 0 Å². The minimum absolute atomic E-state index is 0. The van der Waals surface area contributed by atoms with Crippen molar-refractivity contribution in [3.05, 3.63) is 42.2 Å². The van der Waals surface area contributed by atoms with Crippen molar-refractivity contribution in [3.8, 4) is 11.6 Å². The van der Waals surface area contributed by atoms with Gasteiger partial charge in [-0.2, -0.15) is 0 Å². The van der Waals surface area contributed by atoms with E-state index in [9.17, 15) is 0 Å². The van der Waals surface area contributed by atoms with Gasteiger partial charge in [0.1, 0.15) is 19.0 Å². The number of halogens is 1. The molecule has 98 valence electrons. The molecule has 0 radical (unpaired) electrons. The van der Waals surface area contributed by atoms with Gasteiger partial charge in [-0.1, -0.05) is 18.2 Å². The standard InChI is InChI=1S/C12H14N2O3.ClH/c13-6-7-15-12-8-11(17-14-12)9-16-10-4-2-1-3-5-10;/h1-5,8H,6-7,9,13H2;1H. The average molecular weight is 271 g/mol. The van der Waals surface area contributed by atoms with Gasteiger partial charge in [-0.05, 0) is 17.3 Å². The van der Waals surface area contributed by atoms with E-state index < -0.39 is 0 Å². The second-order valence-electron chi connectivity index (χ2n) is 3.37. The molecule has 1 heterocycles. The summed E-state index contributed by atoms with van der Waals surface area (Å²) in [5.74, 6) is 1.83. The van der Waals surface area contributed by atoms with Crippen LogP contribution >= 0.6 is 12.4 Å². The minimum atomic E-state index is 0. The first-order valence-electron chi connectivity index (χ1n) is 5.35. The molecule has 2 aromatic rings. The van der Waals surface area contributed by atoms with E-state index in [2.05, 4.69) is 5.16 Å². The molecule has 0 saturated carbocycles. The Morgan fingerprint density at radius 2 is 1.94 bits per heavy atom. The number of rotatable bonds is 6. The molecule has 0 saturated heterocycles. The lowest BCUT2D eigenvalue weighted by molar-refractivity contribution is 0.239. The molecule has 2 N–H and O–H groups in total. The summed E-state index contributed by atoms with van der Waals surface area (Å²) in [4.78, 5) is 0. The van der Waals surface area contributed by atoms with E-state index in [4.69, 9.17) is 19.7 Å². The number of hydrogen-bond donors (Lipinski definition) is 1. The van der Waals surface area contributed by atoms with Crippen LogP contribution in [0.5, 0.6) is 11.6 Å². The number of nitrogens with zero attached hydrogens (tertiary/aromatic N) is 1. The summed E-state index contributed by atoms with van der Waals surface area (Å²) in [5.41, 5.74) is 5.31. The number of nitrogens with two attached hydrogens (primary N) is 1. The smallest absolute Gasteiger partial charge is 0.254 e. The lowest BCUT2D eigenvalue weighted by Gasteiger charge is -2.01. The van der Waals surface area contributed by atoms with Gasteiger partial charge in [0, 0.05) is 12.6 Å². The van der Waals surface area contributed by atoms with Crippen LogP contribution in [-0.4, -0.2) is 18.3 Å². The Kier molecular flexibility index (Phi) is 6.04. The average Bonchev–Trinajstić information content (AvgIpc) is 2.83. The van der Waals surface area contributed by atoms with Crippen LogP contribution in [0.3, 0.4) is 0 Å². The third-order valence-electron chi connectivity index (χ3n) is 2.03. The zero-order chi connectivity index (χ0) is 11.9. The van der Waals surface area contributed by atoms with Gasteiger partial charge in [0.25, 0.3) is 5.88 Å². The molecule has 0 bridgehead atoms. The van der Waals surface area contributed by atoms with Crippen LogP contribution in [-0.2, 0) is 6.61 Å². The maximum atomic E-state index is 5.50. The largest absolute Gasteiger partial charge is 0.486 e. The lowest BCUT2D eigenvalue weighted by atomic mass is 10.3. The van der Waals surface area contributed by atoms with Gasteiger partial charge >= 0.3 is 0 Å². The molecule has 0 aliphatic heterocycles. The minimum Gasteiger partial charge on any atom is -0.486 e. The molecule has 0 atom stereocenters. The highest BCUT2D eigenvalue weighted by Crippen LogP contribution is 2.15. The maximum absolute atomic E-state index is 5.50. The molecule has 2 rings (SSSR count). The quantitative estimate of drug-likeness (QED) is 0.869. The van der Waals surface area contributed by atoms with E-state index in [1.807, 2.05) is 30.3 Å². The van der Waals surface area contributed by atoms with Gasteiger partial charge in [0.05, 0.1) is 0 Å². The third kappa shape index (κ3) is 4.27. The van der Waals surface area contributed by atoms with Crippen molar-refractivity contribution in [1.29, 1.82) is 0 Å². The Hall–Kier alpha value is -1.72. The van der Waals surface area contributed by atoms with E-state index in [0.717, 1.165) is 5.75 Å². The van der Waals surface area contributed by atoms with Crippen LogP contribution in [0.1, 0.15) is 5.76 Å². The van der Waals surface area contributed by atoms with Crippen LogP contribution < -0.4 is 15.2 Å². The van der Waals surface area contributed by atoms with Crippen LogP contribution in [0, 0.1) is 0 Å². The fourth-order valence-corrected chi connectivity index (χ4v) is 1.26. The summed E-state index contributed by atoms with van der Waals surface area (Å²) >= 11 is 0. The van der Waals surface area contributed by atoms with E-state index >= 15 is 0 Å². The number of hydrogen-bond acceptors (Lipinski definition) is 5. The van der Waals surface area contributed by atoms with Crippen molar-refractivity contribution in [3.63, 3.8) is 0 Å². The summed E-state index contributed by atoms with van der Waals surface area (Å²) in [6.45, 7) is 1.19. The van der Waals surface area contributed by atoms with E-state index in [1.165, 1.54) is 0 Å². The summed E-state index contributed by atoms with van der Waals surface area (Å²) in [6.07, 6.45) is 0.